The third-order valence-corrected chi connectivity index (χ3v) is 8.69. The third kappa shape index (κ3) is 4.04. The van der Waals surface area contributed by atoms with E-state index in [9.17, 15) is 17.6 Å². The minimum absolute atomic E-state index is 0.0437. The second-order valence-electron chi connectivity index (χ2n) is 8.12. The van der Waals surface area contributed by atoms with Crippen LogP contribution in [-0.4, -0.2) is 66.7 Å². The Bertz CT molecular complexity index is 1230. The molecule has 0 aliphatic carbocycles. The molecule has 0 spiro atoms. The molecule has 2 aliphatic rings. The molecule has 1 atom stereocenters. The van der Waals surface area contributed by atoms with Crippen LogP contribution in [0.5, 0.6) is 0 Å². The van der Waals surface area contributed by atoms with E-state index in [1.165, 1.54) is 17.4 Å². The van der Waals surface area contributed by atoms with Crippen molar-refractivity contribution in [2.24, 2.45) is 0 Å². The highest BCUT2D eigenvalue weighted by Crippen LogP contribution is 2.32. The van der Waals surface area contributed by atoms with Crippen LogP contribution >= 0.6 is 11.3 Å². The molecule has 1 amide bonds. The van der Waals surface area contributed by atoms with Crippen LogP contribution in [0.1, 0.15) is 23.0 Å². The molecule has 1 aromatic carbocycles. The summed E-state index contributed by atoms with van der Waals surface area (Å²) in [7, 11) is -3.09. The Labute approximate surface area is 190 Å². The van der Waals surface area contributed by atoms with Crippen molar-refractivity contribution in [2.45, 2.75) is 12.5 Å². The van der Waals surface area contributed by atoms with Gasteiger partial charge in [0.15, 0.2) is 15.5 Å². The van der Waals surface area contributed by atoms with Crippen molar-refractivity contribution in [2.75, 3.05) is 42.6 Å². The van der Waals surface area contributed by atoms with Gasteiger partial charge in [-0.25, -0.2) is 12.8 Å². The highest BCUT2D eigenvalue weighted by atomic mass is 32.2. The normalized spacial score (nSPS) is 20.6. The SMILES string of the molecule is O=C(c1cc(-c2cccs2)n([C@@H]2CCS(=O)(=O)C2)n1)N1CCN(c2ccccc2F)CC1. The minimum atomic E-state index is -3.09. The Morgan fingerprint density at radius 3 is 2.53 bits per heavy atom. The van der Waals surface area contributed by atoms with Gasteiger partial charge in [0.05, 0.1) is 33.8 Å². The van der Waals surface area contributed by atoms with Crippen LogP contribution in [0.25, 0.3) is 10.6 Å². The van der Waals surface area contributed by atoms with Crippen molar-refractivity contribution in [3.63, 3.8) is 0 Å². The van der Waals surface area contributed by atoms with Gasteiger partial charge in [-0.15, -0.1) is 11.3 Å². The number of thiophene rings is 1. The van der Waals surface area contributed by atoms with E-state index in [0.29, 0.717) is 44.0 Å². The van der Waals surface area contributed by atoms with Gasteiger partial charge in [-0.1, -0.05) is 18.2 Å². The summed E-state index contributed by atoms with van der Waals surface area (Å²) in [6, 6.07) is 12.0. The Morgan fingerprint density at radius 2 is 1.88 bits per heavy atom. The molecule has 2 aliphatic heterocycles. The molecule has 2 saturated heterocycles. The average Bonchev–Trinajstić information content (AvgIpc) is 3.53. The number of para-hydroxylation sites is 1. The fourth-order valence-corrected chi connectivity index (χ4v) is 6.80. The topological polar surface area (TPSA) is 75.5 Å². The zero-order chi connectivity index (χ0) is 22.3. The summed E-state index contributed by atoms with van der Waals surface area (Å²) in [6.45, 7) is 2.00. The van der Waals surface area contributed by atoms with Crippen LogP contribution in [0, 0.1) is 5.82 Å². The van der Waals surface area contributed by atoms with Crippen molar-refractivity contribution in [3.8, 4) is 10.6 Å². The molecule has 10 heteroatoms. The summed E-state index contributed by atoms with van der Waals surface area (Å²) in [4.78, 5) is 17.9. The Balaban J connectivity index is 1.36. The smallest absolute Gasteiger partial charge is 0.274 e. The molecule has 4 heterocycles. The lowest BCUT2D eigenvalue weighted by molar-refractivity contribution is 0.0739. The summed E-state index contributed by atoms with van der Waals surface area (Å²) in [5.74, 6) is -0.265. The maximum atomic E-state index is 14.1. The third-order valence-electron chi connectivity index (χ3n) is 6.04. The van der Waals surface area contributed by atoms with E-state index in [1.807, 2.05) is 22.4 Å². The molecular formula is C22H23FN4O3S2. The second kappa shape index (κ2) is 8.32. The molecule has 168 valence electrons. The molecule has 0 saturated carbocycles. The first-order valence-corrected chi connectivity index (χ1v) is 13.2. The number of rotatable bonds is 4. The number of nitrogens with zero attached hydrogens (tertiary/aromatic N) is 4. The molecular weight excluding hydrogens is 451 g/mol. The van der Waals surface area contributed by atoms with E-state index in [4.69, 9.17) is 0 Å². The van der Waals surface area contributed by atoms with E-state index in [0.717, 1.165) is 10.6 Å². The van der Waals surface area contributed by atoms with Gasteiger partial charge in [-0.3, -0.25) is 9.48 Å². The first-order chi connectivity index (χ1) is 15.4. The van der Waals surface area contributed by atoms with Crippen molar-refractivity contribution in [1.82, 2.24) is 14.7 Å². The lowest BCUT2D eigenvalue weighted by Crippen LogP contribution is -2.49. The molecule has 0 N–H and O–H groups in total. The number of hydrogen-bond donors (Lipinski definition) is 0. The number of piperazine rings is 1. The number of carbonyl (C=O) groups excluding carboxylic acids is 1. The van der Waals surface area contributed by atoms with Gasteiger partial charge in [0.2, 0.25) is 0 Å². The van der Waals surface area contributed by atoms with Gasteiger partial charge in [0.1, 0.15) is 5.82 Å². The van der Waals surface area contributed by atoms with E-state index >= 15 is 0 Å². The fraction of sp³-hybridized carbons (Fsp3) is 0.364. The molecule has 2 aromatic heterocycles. The maximum absolute atomic E-state index is 14.1. The molecule has 2 fully saturated rings. The first-order valence-electron chi connectivity index (χ1n) is 10.5. The van der Waals surface area contributed by atoms with Crippen LogP contribution in [-0.2, 0) is 9.84 Å². The van der Waals surface area contributed by atoms with Crippen LogP contribution < -0.4 is 4.90 Å². The molecule has 7 nitrogen and oxygen atoms in total. The second-order valence-corrected chi connectivity index (χ2v) is 11.3. The molecule has 0 radical (unpaired) electrons. The van der Waals surface area contributed by atoms with Crippen molar-refractivity contribution in [3.05, 3.63) is 59.4 Å². The number of sulfone groups is 1. The molecule has 3 aromatic rings. The summed E-state index contributed by atoms with van der Waals surface area (Å²) in [5.41, 5.74) is 1.64. The van der Waals surface area contributed by atoms with Gasteiger partial charge in [0, 0.05) is 26.2 Å². The lowest BCUT2D eigenvalue weighted by Gasteiger charge is -2.35. The predicted octanol–water partition coefficient (Wildman–Crippen LogP) is 3.07. The van der Waals surface area contributed by atoms with Crippen molar-refractivity contribution < 1.29 is 17.6 Å². The number of benzene rings is 1. The highest BCUT2D eigenvalue weighted by Gasteiger charge is 2.33. The molecule has 0 unspecified atom stereocenters. The lowest BCUT2D eigenvalue weighted by atomic mass is 10.2. The van der Waals surface area contributed by atoms with Gasteiger partial charge in [0.25, 0.3) is 5.91 Å². The summed E-state index contributed by atoms with van der Waals surface area (Å²) < 4.78 is 39.9. The van der Waals surface area contributed by atoms with Gasteiger partial charge in [-0.05, 0) is 36.1 Å². The maximum Gasteiger partial charge on any atom is 0.274 e. The Morgan fingerprint density at radius 1 is 1.09 bits per heavy atom. The van der Waals surface area contributed by atoms with Gasteiger partial charge >= 0.3 is 0 Å². The molecule has 32 heavy (non-hydrogen) atoms. The van der Waals surface area contributed by atoms with E-state index < -0.39 is 9.84 Å². The zero-order valence-electron chi connectivity index (χ0n) is 17.4. The van der Waals surface area contributed by atoms with E-state index in [2.05, 4.69) is 5.10 Å². The van der Waals surface area contributed by atoms with Crippen LogP contribution in [0.2, 0.25) is 0 Å². The minimum Gasteiger partial charge on any atom is -0.366 e. The van der Waals surface area contributed by atoms with Crippen molar-refractivity contribution >= 4 is 32.8 Å². The van der Waals surface area contributed by atoms with E-state index in [-0.39, 0.29) is 29.3 Å². The van der Waals surface area contributed by atoms with Crippen LogP contribution in [0.4, 0.5) is 10.1 Å². The standard InChI is InChI=1S/C22H23FN4O3S2/c23-17-4-1-2-5-19(17)25-8-10-26(11-9-25)22(28)18-14-20(21-6-3-12-31-21)27(24-18)16-7-13-32(29,30)15-16/h1-6,12,14,16H,7-11,13,15H2/t16-/m1/s1. The number of anilines is 1. The number of hydrogen-bond acceptors (Lipinski definition) is 6. The molecule has 0 bridgehead atoms. The summed E-state index contributed by atoms with van der Waals surface area (Å²) in [6.07, 6.45) is 0.497. The average molecular weight is 475 g/mol. The zero-order valence-corrected chi connectivity index (χ0v) is 19.0. The number of halogens is 1. The van der Waals surface area contributed by atoms with Crippen molar-refractivity contribution in [1.29, 1.82) is 0 Å². The highest BCUT2D eigenvalue weighted by molar-refractivity contribution is 7.91. The van der Waals surface area contributed by atoms with E-state index in [1.54, 1.807) is 33.8 Å². The largest absolute Gasteiger partial charge is 0.366 e. The predicted molar refractivity (Wildman–Crippen MR) is 122 cm³/mol. The monoisotopic (exact) mass is 474 g/mol. The number of aromatic nitrogens is 2. The van der Waals surface area contributed by atoms with Gasteiger partial charge < -0.3 is 9.80 Å². The number of carbonyl (C=O) groups is 1. The quantitative estimate of drug-likeness (QED) is 0.581. The van der Waals surface area contributed by atoms with Crippen LogP contribution in [0.3, 0.4) is 0 Å². The number of amides is 1. The van der Waals surface area contributed by atoms with Crippen LogP contribution in [0.15, 0.2) is 47.8 Å². The Hall–Kier alpha value is -2.72. The summed E-state index contributed by atoms with van der Waals surface area (Å²) >= 11 is 1.53. The Kier molecular flexibility index (Phi) is 5.50. The van der Waals surface area contributed by atoms with Gasteiger partial charge in [-0.2, -0.15) is 5.10 Å². The summed E-state index contributed by atoms with van der Waals surface area (Å²) in [5, 5.41) is 6.52. The first kappa shape index (κ1) is 21.1. The molecule has 5 rings (SSSR count). The fourth-order valence-electron chi connectivity index (χ4n) is 4.37.